The Kier molecular flexibility index (Phi) is 7.77. The van der Waals surface area contributed by atoms with E-state index in [4.69, 9.17) is 0 Å². The average Bonchev–Trinajstić information content (AvgIpc) is 2.80. The van der Waals surface area contributed by atoms with Crippen LogP contribution in [0.1, 0.15) is 5.56 Å². The van der Waals surface area contributed by atoms with Crippen molar-refractivity contribution in [2.75, 3.05) is 0 Å². The number of rotatable bonds is 6. The Labute approximate surface area is 201 Å². The second-order valence-corrected chi connectivity index (χ2v) is 11.3. The van der Waals surface area contributed by atoms with Gasteiger partial charge in [-0.3, -0.25) is 10.1 Å². The van der Waals surface area contributed by atoms with E-state index in [1.54, 1.807) is 12.1 Å². The molecule has 156 valence electrons. The van der Waals surface area contributed by atoms with Crippen molar-refractivity contribution < 1.29 is 21.9 Å². The van der Waals surface area contributed by atoms with Crippen molar-refractivity contribution in [3.8, 4) is 0 Å². The molecule has 0 bridgehead atoms. The predicted octanol–water partition coefficient (Wildman–Crippen LogP) is 2.86. The van der Waals surface area contributed by atoms with Crippen LogP contribution in [0.2, 0.25) is 0 Å². The van der Waals surface area contributed by atoms with Crippen LogP contribution in [0.5, 0.6) is 0 Å². The summed E-state index contributed by atoms with van der Waals surface area (Å²) in [6, 6.07) is 36.9. The van der Waals surface area contributed by atoms with Gasteiger partial charge in [-0.1, -0.05) is 70.5 Å². The minimum absolute atomic E-state index is 0. The molecule has 0 heterocycles. The fourth-order valence-corrected chi connectivity index (χ4v) is 8.80. The van der Waals surface area contributed by atoms with Crippen LogP contribution in [-0.4, -0.2) is 4.92 Å². The van der Waals surface area contributed by atoms with E-state index in [0.717, 1.165) is 16.2 Å². The lowest BCUT2D eigenvalue weighted by Crippen LogP contribution is -3.00. The van der Waals surface area contributed by atoms with Crippen LogP contribution in [0.4, 0.5) is 5.69 Å². The average molecular weight is 557 g/mol. The van der Waals surface area contributed by atoms with E-state index >= 15 is 0 Å². The van der Waals surface area contributed by atoms with Crippen molar-refractivity contribution >= 4 is 44.8 Å². The number of hydrogen-bond acceptors (Lipinski definition) is 2. The van der Waals surface area contributed by atoms with Gasteiger partial charge >= 0.3 is 0 Å². The molecular formula is C25H20Br2NO2P. The molecule has 4 aromatic carbocycles. The molecule has 3 nitrogen and oxygen atoms in total. The Balaban J connectivity index is 0.00000272. The first kappa shape index (κ1) is 23.3. The fourth-order valence-electron chi connectivity index (χ4n) is 3.80. The van der Waals surface area contributed by atoms with Gasteiger partial charge in [-0.15, -0.1) is 0 Å². The molecule has 0 N–H and O–H groups in total. The van der Waals surface area contributed by atoms with Crippen molar-refractivity contribution in [3.63, 3.8) is 0 Å². The van der Waals surface area contributed by atoms with Gasteiger partial charge in [0.2, 0.25) is 0 Å². The Morgan fingerprint density at radius 1 is 0.710 bits per heavy atom. The molecule has 4 aromatic rings. The first-order valence-electron chi connectivity index (χ1n) is 9.59. The maximum Gasteiger partial charge on any atom is 0.270 e. The molecule has 6 heteroatoms. The van der Waals surface area contributed by atoms with Crippen molar-refractivity contribution in [1.82, 2.24) is 0 Å². The van der Waals surface area contributed by atoms with Gasteiger partial charge in [0.1, 0.15) is 23.2 Å². The van der Waals surface area contributed by atoms with Gasteiger partial charge in [-0.05, 0) is 42.5 Å². The summed E-state index contributed by atoms with van der Waals surface area (Å²) in [6.45, 7) is 0. The smallest absolute Gasteiger partial charge is 0.270 e. The molecule has 0 aromatic heterocycles. The fraction of sp³-hybridized carbons (Fsp3) is 0.0400. The number of nitro benzene ring substituents is 1. The van der Waals surface area contributed by atoms with E-state index in [1.165, 1.54) is 15.9 Å². The van der Waals surface area contributed by atoms with E-state index in [0.29, 0.717) is 0 Å². The minimum Gasteiger partial charge on any atom is -1.00 e. The lowest BCUT2D eigenvalue weighted by Gasteiger charge is -2.28. The molecule has 0 radical (unpaired) electrons. The van der Waals surface area contributed by atoms with Crippen molar-refractivity contribution in [1.29, 1.82) is 0 Å². The van der Waals surface area contributed by atoms with Gasteiger partial charge in [-0.2, -0.15) is 0 Å². The van der Waals surface area contributed by atoms with E-state index in [-0.39, 0.29) is 27.6 Å². The van der Waals surface area contributed by atoms with Gasteiger partial charge in [0.15, 0.2) is 0 Å². The lowest BCUT2D eigenvalue weighted by molar-refractivity contribution is -0.384. The van der Waals surface area contributed by atoms with Crippen LogP contribution in [0, 0.1) is 10.1 Å². The molecular weight excluding hydrogens is 537 g/mol. The van der Waals surface area contributed by atoms with Gasteiger partial charge in [0.05, 0.1) is 11.1 Å². The predicted molar refractivity (Wildman–Crippen MR) is 130 cm³/mol. The van der Waals surface area contributed by atoms with Crippen molar-refractivity contribution in [2.24, 2.45) is 0 Å². The monoisotopic (exact) mass is 555 g/mol. The summed E-state index contributed by atoms with van der Waals surface area (Å²) in [5.41, 5.74) is 1.15. The molecule has 0 aliphatic carbocycles. The molecule has 4 rings (SSSR count). The first-order chi connectivity index (χ1) is 14.6. The van der Waals surface area contributed by atoms with Crippen molar-refractivity contribution in [3.05, 3.63) is 129 Å². The molecule has 0 aliphatic heterocycles. The summed E-state index contributed by atoms with van der Waals surface area (Å²) < 4.78 is 0.767. The van der Waals surface area contributed by atoms with Gasteiger partial charge in [0.25, 0.3) is 5.69 Å². The quantitative estimate of drug-likeness (QED) is 0.208. The van der Waals surface area contributed by atoms with Crippen molar-refractivity contribution in [2.45, 2.75) is 6.16 Å². The zero-order valence-electron chi connectivity index (χ0n) is 16.6. The van der Waals surface area contributed by atoms with Crippen LogP contribution in [-0.2, 0) is 6.16 Å². The van der Waals surface area contributed by atoms with Crippen LogP contribution >= 0.6 is 23.2 Å². The summed E-state index contributed by atoms with van der Waals surface area (Å²) in [6.07, 6.45) is 0.767. The summed E-state index contributed by atoms with van der Waals surface area (Å²) in [7, 11) is -2.04. The summed E-state index contributed by atoms with van der Waals surface area (Å²) >= 11 is 3.60. The SMILES string of the molecule is O=[N+]([O-])c1ccc(C[P+](c2ccccc2)(c2ccccc2)c2ccccc2)c(Br)c1.[Br-]. The highest BCUT2D eigenvalue weighted by atomic mass is 79.9. The zero-order chi connectivity index (χ0) is 21.0. The van der Waals surface area contributed by atoms with E-state index in [1.807, 2.05) is 24.3 Å². The second kappa shape index (κ2) is 10.3. The molecule has 0 atom stereocenters. The van der Waals surface area contributed by atoms with Crippen LogP contribution in [0.25, 0.3) is 0 Å². The first-order valence-corrected chi connectivity index (χ1v) is 12.4. The largest absolute Gasteiger partial charge is 1.00 e. The highest BCUT2D eigenvalue weighted by Gasteiger charge is 2.45. The van der Waals surface area contributed by atoms with E-state index in [2.05, 4.69) is 88.7 Å². The highest BCUT2D eigenvalue weighted by molar-refractivity contribution is 9.10. The molecule has 0 saturated heterocycles. The summed E-state index contributed by atoms with van der Waals surface area (Å²) in [5, 5.41) is 15.1. The van der Waals surface area contributed by atoms with Crippen LogP contribution in [0.3, 0.4) is 0 Å². The van der Waals surface area contributed by atoms with Gasteiger partial charge in [-0.25, -0.2) is 0 Å². The summed E-state index contributed by atoms with van der Waals surface area (Å²) in [5.74, 6) is 0. The van der Waals surface area contributed by atoms with Gasteiger partial charge < -0.3 is 17.0 Å². The lowest BCUT2D eigenvalue weighted by atomic mass is 10.2. The number of nitrogens with zero attached hydrogens (tertiary/aromatic N) is 1. The maximum absolute atomic E-state index is 11.2. The summed E-state index contributed by atoms with van der Waals surface area (Å²) in [4.78, 5) is 10.8. The molecule has 0 saturated carbocycles. The molecule has 0 aliphatic rings. The Morgan fingerprint density at radius 2 is 1.13 bits per heavy atom. The second-order valence-electron chi connectivity index (χ2n) is 7.01. The van der Waals surface area contributed by atoms with Gasteiger partial charge in [0, 0.05) is 22.2 Å². The standard InChI is InChI=1S/C25H20BrNO2P.BrH/c26-25-18-21(27(28)29)17-16-20(25)19-30(22-10-4-1-5-11-22,23-12-6-2-7-13-23)24-14-8-3-9-15-24;/h1-18H,19H2;1H/q+1;/p-1. The van der Waals surface area contributed by atoms with E-state index in [9.17, 15) is 10.1 Å². The zero-order valence-corrected chi connectivity index (χ0v) is 20.6. The van der Waals surface area contributed by atoms with E-state index < -0.39 is 7.26 Å². The highest BCUT2D eigenvalue weighted by Crippen LogP contribution is 2.58. The normalized spacial score (nSPS) is 10.9. The molecule has 0 spiro atoms. The Morgan fingerprint density at radius 3 is 1.48 bits per heavy atom. The molecule has 0 amide bonds. The van der Waals surface area contributed by atoms with Crippen LogP contribution in [0.15, 0.2) is 114 Å². The third-order valence-electron chi connectivity index (χ3n) is 5.25. The Hall–Kier alpha value is -2.33. The third-order valence-corrected chi connectivity index (χ3v) is 10.3. The topological polar surface area (TPSA) is 43.1 Å². The molecule has 31 heavy (non-hydrogen) atoms. The number of benzene rings is 4. The number of nitro groups is 1. The number of hydrogen-bond donors (Lipinski definition) is 0. The van der Waals surface area contributed by atoms with Crippen LogP contribution < -0.4 is 32.9 Å². The molecule has 0 fully saturated rings. The number of non-ortho nitro benzene ring substituents is 1. The molecule has 0 unspecified atom stereocenters. The maximum atomic E-state index is 11.2. The minimum atomic E-state index is -2.04. The Bertz CT molecular complexity index is 1060. The number of halogens is 2. The third kappa shape index (κ3) is 4.79.